The van der Waals surface area contributed by atoms with Gasteiger partial charge >= 0.3 is 5.97 Å². The Hall–Kier alpha value is -0.610. The molecule has 1 N–H and O–H groups in total. The molecule has 0 aliphatic carbocycles. The first kappa shape index (κ1) is 15.4. The topological polar surface area (TPSA) is 41.6 Å². The highest BCUT2D eigenvalue weighted by atomic mass is 16.6. The van der Waals surface area contributed by atoms with E-state index in [4.69, 9.17) is 4.74 Å². The van der Waals surface area contributed by atoms with E-state index in [9.17, 15) is 4.79 Å². The molecule has 4 heteroatoms. The summed E-state index contributed by atoms with van der Waals surface area (Å²) in [6.07, 6.45) is 2.66. The van der Waals surface area contributed by atoms with E-state index in [1.54, 1.807) is 0 Å². The summed E-state index contributed by atoms with van der Waals surface area (Å²) in [7, 11) is 0. The number of carbonyl (C=O) groups excluding carboxylic acids is 1. The maximum Gasteiger partial charge on any atom is 0.310 e. The number of esters is 1. The SMILES string of the molecule is CC(CNCCN1CCCC1)C(=O)OC(C)(C)C. The average Bonchev–Trinajstić information content (AvgIpc) is 2.74. The fraction of sp³-hybridized carbons (Fsp3) is 0.929. The fourth-order valence-electron chi connectivity index (χ4n) is 2.05. The van der Waals surface area contributed by atoms with Crippen molar-refractivity contribution in [1.29, 1.82) is 0 Å². The number of rotatable bonds is 6. The summed E-state index contributed by atoms with van der Waals surface area (Å²) in [6.45, 7) is 12.8. The Kier molecular flexibility index (Phi) is 6.09. The zero-order valence-corrected chi connectivity index (χ0v) is 12.3. The Morgan fingerprint density at radius 1 is 1.33 bits per heavy atom. The van der Waals surface area contributed by atoms with Crippen molar-refractivity contribution in [2.24, 2.45) is 5.92 Å². The van der Waals surface area contributed by atoms with E-state index in [0.717, 1.165) is 13.1 Å². The zero-order chi connectivity index (χ0) is 13.6. The predicted molar refractivity (Wildman–Crippen MR) is 73.6 cm³/mol. The second-order valence-corrected chi connectivity index (χ2v) is 6.19. The van der Waals surface area contributed by atoms with Gasteiger partial charge in [-0.1, -0.05) is 6.92 Å². The van der Waals surface area contributed by atoms with Crippen molar-refractivity contribution in [3.63, 3.8) is 0 Å². The van der Waals surface area contributed by atoms with E-state index in [2.05, 4.69) is 10.2 Å². The van der Waals surface area contributed by atoms with E-state index in [1.807, 2.05) is 27.7 Å². The van der Waals surface area contributed by atoms with Gasteiger partial charge in [-0.25, -0.2) is 0 Å². The molecule has 1 unspecified atom stereocenters. The molecular weight excluding hydrogens is 228 g/mol. The van der Waals surface area contributed by atoms with Gasteiger partial charge < -0.3 is 15.0 Å². The smallest absolute Gasteiger partial charge is 0.310 e. The zero-order valence-electron chi connectivity index (χ0n) is 12.3. The molecule has 1 atom stereocenters. The largest absolute Gasteiger partial charge is 0.460 e. The summed E-state index contributed by atoms with van der Waals surface area (Å²) >= 11 is 0. The molecule has 1 rings (SSSR count). The van der Waals surface area contributed by atoms with E-state index in [0.29, 0.717) is 6.54 Å². The first-order valence-corrected chi connectivity index (χ1v) is 7.04. The van der Waals surface area contributed by atoms with Crippen LogP contribution in [-0.2, 0) is 9.53 Å². The summed E-state index contributed by atoms with van der Waals surface area (Å²) in [6, 6.07) is 0. The lowest BCUT2D eigenvalue weighted by Crippen LogP contribution is -2.36. The van der Waals surface area contributed by atoms with Gasteiger partial charge in [-0.2, -0.15) is 0 Å². The molecule has 0 aromatic heterocycles. The average molecular weight is 256 g/mol. The van der Waals surface area contributed by atoms with Gasteiger partial charge in [-0.15, -0.1) is 0 Å². The second-order valence-electron chi connectivity index (χ2n) is 6.19. The lowest BCUT2D eigenvalue weighted by atomic mass is 10.1. The number of nitrogens with zero attached hydrogens (tertiary/aromatic N) is 1. The van der Waals surface area contributed by atoms with Crippen LogP contribution in [0.1, 0.15) is 40.5 Å². The molecule has 1 aliphatic rings. The monoisotopic (exact) mass is 256 g/mol. The van der Waals surface area contributed by atoms with Crippen LogP contribution in [0.4, 0.5) is 0 Å². The number of hydrogen-bond acceptors (Lipinski definition) is 4. The van der Waals surface area contributed by atoms with Crippen LogP contribution >= 0.6 is 0 Å². The number of carbonyl (C=O) groups is 1. The highest BCUT2D eigenvalue weighted by Crippen LogP contribution is 2.10. The molecule has 0 radical (unpaired) electrons. The van der Waals surface area contributed by atoms with Crippen LogP contribution in [0.5, 0.6) is 0 Å². The summed E-state index contributed by atoms with van der Waals surface area (Å²) in [5.74, 6) is -0.195. The molecule has 18 heavy (non-hydrogen) atoms. The van der Waals surface area contributed by atoms with Gasteiger partial charge in [0.2, 0.25) is 0 Å². The molecule has 106 valence electrons. The van der Waals surface area contributed by atoms with Crippen LogP contribution in [0.3, 0.4) is 0 Å². The number of hydrogen-bond donors (Lipinski definition) is 1. The van der Waals surface area contributed by atoms with E-state index >= 15 is 0 Å². The minimum atomic E-state index is -0.388. The highest BCUT2D eigenvalue weighted by molar-refractivity contribution is 5.72. The molecule has 0 bridgehead atoms. The predicted octanol–water partition coefficient (Wildman–Crippen LogP) is 1.65. The summed E-state index contributed by atoms with van der Waals surface area (Å²) in [5, 5.41) is 3.34. The third-order valence-corrected chi connectivity index (χ3v) is 3.06. The Morgan fingerprint density at radius 2 is 1.94 bits per heavy atom. The molecule has 0 aromatic carbocycles. The van der Waals surface area contributed by atoms with Gasteiger partial charge in [0, 0.05) is 19.6 Å². The minimum Gasteiger partial charge on any atom is -0.460 e. The summed E-state index contributed by atoms with van der Waals surface area (Å²) in [5.41, 5.74) is -0.388. The Bertz CT molecular complexity index is 255. The third-order valence-electron chi connectivity index (χ3n) is 3.06. The Labute approximate surface area is 111 Å². The van der Waals surface area contributed by atoms with Crippen molar-refractivity contribution >= 4 is 5.97 Å². The molecule has 1 fully saturated rings. The van der Waals surface area contributed by atoms with Crippen LogP contribution in [0.2, 0.25) is 0 Å². The maximum atomic E-state index is 11.7. The number of ether oxygens (including phenoxy) is 1. The molecule has 1 aliphatic heterocycles. The van der Waals surface area contributed by atoms with Crippen LogP contribution in [0, 0.1) is 5.92 Å². The first-order valence-electron chi connectivity index (χ1n) is 7.04. The molecule has 0 spiro atoms. The van der Waals surface area contributed by atoms with E-state index in [1.165, 1.54) is 25.9 Å². The molecule has 1 saturated heterocycles. The summed E-state index contributed by atoms with van der Waals surface area (Å²) in [4.78, 5) is 14.2. The molecule has 4 nitrogen and oxygen atoms in total. The molecule has 0 saturated carbocycles. The standard InChI is InChI=1S/C14H28N2O2/c1-12(13(17)18-14(2,3)4)11-15-7-10-16-8-5-6-9-16/h12,15H,5-11H2,1-4H3. The van der Waals surface area contributed by atoms with Gasteiger partial charge in [-0.3, -0.25) is 4.79 Å². The molecule has 1 heterocycles. The van der Waals surface area contributed by atoms with Crippen LogP contribution < -0.4 is 5.32 Å². The molecular formula is C14H28N2O2. The van der Waals surface area contributed by atoms with Crippen molar-refractivity contribution in [2.45, 2.75) is 46.1 Å². The van der Waals surface area contributed by atoms with Crippen molar-refractivity contribution in [3.8, 4) is 0 Å². The quantitative estimate of drug-likeness (QED) is 0.579. The lowest BCUT2D eigenvalue weighted by Gasteiger charge is -2.22. The van der Waals surface area contributed by atoms with Gasteiger partial charge in [0.05, 0.1) is 5.92 Å². The maximum absolute atomic E-state index is 11.7. The van der Waals surface area contributed by atoms with Gasteiger partial charge in [0.25, 0.3) is 0 Å². The van der Waals surface area contributed by atoms with Crippen LogP contribution in [0.25, 0.3) is 0 Å². The fourth-order valence-corrected chi connectivity index (χ4v) is 2.05. The second kappa shape index (κ2) is 7.10. The highest BCUT2D eigenvalue weighted by Gasteiger charge is 2.21. The van der Waals surface area contributed by atoms with Crippen molar-refractivity contribution < 1.29 is 9.53 Å². The lowest BCUT2D eigenvalue weighted by molar-refractivity contribution is -0.159. The molecule has 0 amide bonds. The van der Waals surface area contributed by atoms with Gasteiger partial charge in [0.15, 0.2) is 0 Å². The van der Waals surface area contributed by atoms with Gasteiger partial charge in [-0.05, 0) is 46.7 Å². The van der Waals surface area contributed by atoms with Crippen LogP contribution in [0.15, 0.2) is 0 Å². The van der Waals surface area contributed by atoms with E-state index < -0.39 is 0 Å². The normalized spacial score (nSPS) is 18.9. The Balaban J connectivity index is 2.08. The van der Waals surface area contributed by atoms with Crippen LogP contribution in [-0.4, -0.2) is 49.2 Å². The van der Waals surface area contributed by atoms with Crippen molar-refractivity contribution in [1.82, 2.24) is 10.2 Å². The van der Waals surface area contributed by atoms with Gasteiger partial charge in [0.1, 0.15) is 5.60 Å². The third kappa shape index (κ3) is 6.36. The number of nitrogens with one attached hydrogen (secondary N) is 1. The molecule has 0 aromatic rings. The minimum absolute atomic E-state index is 0.0807. The summed E-state index contributed by atoms with van der Waals surface area (Å²) < 4.78 is 5.34. The van der Waals surface area contributed by atoms with Crippen molar-refractivity contribution in [2.75, 3.05) is 32.7 Å². The Morgan fingerprint density at radius 3 is 2.50 bits per heavy atom. The van der Waals surface area contributed by atoms with E-state index in [-0.39, 0.29) is 17.5 Å². The first-order chi connectivity index (χ1) is 8.38. The van der Waals surface area contributed by atoms with Crippen molar-refractivity contribution in [3.05, 3.63) is 0 Å². The number of likely N-dealkylation sites (tertiary alicyclic amines) is 1.